The summed E-state index contributed by atoms with van der Waals surface area (Å²) < 4.78 is 0. The van der Waals surface area contributed by atoms with Crippen LogP contribution in [0.25, 0.3) is 0 Å². The number of hydrogen-bond donors (Lipinski definition) is 0. The summed E-state index contributed by atoms with van der Waals surface area (Å²) in [6.45, 7) is 9.78. The molecule has 1 fully saturated rings. The van der Waals surface area contributed by atoms with Gasteiger partial charge in [-0.15, -0.1) is 0 Å². The number of benzene rings is 2. The first kappa shape index (κ1) is 16.6. The van der Waals surface area contributed by atoms with Gasteiger partial charge in [-0.2, -0.15) is 0 Å². The van der Waals surface area contributed by atoms with Crippen LogP contribution in [0.1, 0.15) is 22.3 Å². The molecule has 0 unspecified atom stereocenters. The standard InChI is InChI=1S/C21H26N2O/c1-16-8-9-20(14-18(16)3)22-10-12-23(13-11-22)21(24)15-19-7-5-4-6-17(19)2/h4-9,14H,10-13,15H2,1-3H3. The highest BCUT2D eigenvalue weighted by molar-refractivity contribution is 5.79. The molecule has 126 valence electrons. The summed E-state index contributed by atoms with van der Waals surface area (Å²) in [5.41, 5.74) is 6.25. The number of amides is 1. The van der Waals surface area contributed by atoms with Gasteiger partial charge in [0, 0.05) is 31.9 Å². The number of rotatable bonds is 3. The number of carbonyl (C=O) groups is 1. The van der Waals surface area contributed by atoms with E-state index in [4.69, 9.17) is 0 Å². The van der Waals surface area contributed by atoms with Crippen LogP contribution < -0.4 is 4.90 Å². The highest BCUT2D eigenvalue weighted by Gasteiger charge is 2.21. The minimum absolute atomic E-state index is 0.240. The van der Waals surface area contributed by atoms with Gasteiger partial charge in [0.05, 0.1) is 6.42 Å². The molecule has 0 radical (unpaired) electrons. The van der Waals surface area contributed by atoms with Crippen molar-refractivity contribution in [2.24, 2.45) is 0 Å². The maximum Gasteiger partial charge on any atom is 0.227 e. The third kappa shape index (κ3) is 3.61. The second-order valence-corrected chi connectivity index (χ2v) is 6.74. The lowest BCUT2D eigenvalue weighted by atomic mass is 10.0. The first-order chi connectivity index (χ1) is 11.5. The van der Waals surface area contributed by atoms with Crippen LogP contribution in [-0.2, 0) is 11.2 Å². The van der Waals surface area contributed by atoms with E-state index >= 15 is 0 Å². The zero-order valence-electron chi connectivity index (χ0n) is 14.9. The molecular weight excluding hydrogens is 296 g/mol. The molecule has 3 rings (SSSR count). The van der Waals surface area contributed by atoms with Crippen LogP contribution in [0, 0.1) is 20.8 Å². The molecule has 0 saturated carbocycles. The number of hydrogen-bond acceptors (Lipinski definition) is 2. The van der Waals surface area contributed by atoms with Crippen molar-refractivity contribution in [3.8, 4) is 0 Å². The van der Waals surface area contributed by atoms with Crippen molar-refractivity contribution in [3.63, 3.8) is 0 Å². The Morgan fingerprint density at radius 2 is 1.58 bits per heavy atom. The zero-order chi connectivity index (χ0) is 17.1. The van der Waals surface area contributed by atoms with Crippen LogP contribution in [-0.4, -0.2) is 37.0 Å². The Hall–Kier alpha value is -2.29. The van der Waals surface area contributed by atoms with Gasteiger partial charge >= 0.3 is 0 Å². The Balaban J connectivity index is 1.59. The Morgan fingerprint density at radius 3 is 2.25 bits per heavy atom. The summed E-state index contributed by atoms with van der Waals surface area (Å²) in [5, 5.41) is 0. The van der Waals surface area contributed by atoms with Gasteiger partial charge in [-0.25, -0.2) is 0 Å². The number of aryl methyl sites for hydroxylation is 3. The van der Waals surface area contributed by atoms with Gasteiger partial charge in [0.15, 0.2) is 0 Å². The molecule has 1 aliphatic rings. The molecule has 0 bridgehead atoms. The lowest BCUT2D eigenvalue weighted by Gasteiger charge is -2.36. The predicted octanol–water partition coefficient (Wildman–Crippen LogP) is 3.50. The van der Waals surface area contributed by atoms with Crippen LogP contribution >= 0.6 is 0 Å². The fourth-order valence-electron chi connectivity index (χ4n) is 3.22. The van der Waals surface area contributed by atoms with E-state index < -0.39 is 0 Å². The Labute approximate surface area is 144 Å². The lowest BCUT2D eigenvalue weighted by molar-refractivity contribution is -0.130. The molecule has 1 aliphatic heterocycles. The zero-order valence-corrected chi connectivity index (χ0v) is 14.9. The number of piperazine rings is 1. The van der Waals surface area contributed by atoms with E-state index in [1.165, 1.54) is 22.4 Å². The van der Waals surface area contributed by atoms with Gasteiger partial charge in [-0.3, -0.25) is 4.79 Å². The number of nitrogens with zero attached hydrogens (tertiary/aromatic N) is 2. The Bertz CT molecular complexity index is 730. The largest absolute Gasteiger partial charge is 0.368 e. The van der Waals surface area contributed by atoms with Gasteiger partial charge in [-0.05, 0) is 55.2 Å². The van der Waals surface area contributed by atoms with E-state index in [9.17, 15) is 4.79 Å². The van der Waals surface area contributed by atoms with E-state index in [0.29, 0.717) is 6.42 Å². The molecule has 3 heteroatoms. The molecule has 1 heterocycles. The molecular formula is C21H26N2O. The molecule has 3 nitrogen and oxygen atoms in total. The third-order valence-electron chi connectivity index (χ3n) is 5.09. The summed E-state index contributed by atoms with van der Waals surface area (Å²) in [5.74, 6) is 0.240. The average Bonchev–Trinajstić information content (AvgIpc) is 2.59. The maximum absolute atomic E-state index is 12.6. The summed E-state index contributed by atoms with van der Waals surface area (Å²) in [4.78, 5) is 17.0. The molecule has 0 aromatic heterocycles. The van der Waals surface area contributed by atoms with Crippen LogP contribution in [0.5, 0.6) is 0 Å². The molecule has 0 N–H and O–H groups in total. The van der Waals surface area contributed by atoms with Crippen LogP contribution in [0.3, 0.4) is 0 Å². The molecule has 1 saturated heterocycles. The summed E-state index contributed by atoms with van der Waals surface area (Å²) in [7, 11) is 0. The van der Waals surface area contributed by atoms with Crippen molar-refractivity contribution < 1.29 is 4.79 Å². The van der Waals surface area contributed by atoms with E-state index in [2.05, 4.69) is 56.0 Å². The second kappa shape index (κ2) is 7.08. The Kier molecular flexibility index (Phi) is 4.89. The smallest absolute Gasteiger partial charge is 0.227 e. The first-order valence-corrected chi connectivity index (χ1v) is 8.69. The summed E-state index contributed by atoms with van der Waals surface area (Å²) in [6, 6.07) is 14.8. The van der Waals surface area contributed by atoms with Gasteiger partial charge in [0.25, 0.3) is 0 Å². The van der Waals surface area contributed by atoms with Crippen molar-refractivity contribution in [2.75, 3.05) is 31.1 Å². The van der Waals surface area contributed by atoms with Crippen LogP contribution in [0.15, 0.2) is 42.5 Å². The number of anilines is 1. The van der Waals surface area contributed by atoms with Crippen molar-refractivity contribution >= 4 is 11.6 Å². The van der Waals surface area contributed by atoms with Crippen molar-refractivity contribution in [1.29, 1.82) is 0 Å². The molecule has 24 heavy (non-hydrogen) atoms. The third-order valence-corrected chi connectivity index (χ3v) is 5.09. The van der Waals surface area contributed by atoms with Crippen LogP contribution in [0.4, 0.5) is 5.69 Å². The van der Waals surface area contributed by atoms with Crippen molar-refractivity contribution in [1.82, 2.24) is 4.90 Å². The number of carbonyl (C=O) groups excluding carboxylic acids is 1. The Morgan fingerprint density at radius 1 is 0.875 bits per heavy atom. The van der Waals surface area contributed by atoms with E-state index in [0.717, 1.165) is 31.7 Å². The summed E-state index contributed by atoms with van der Waals surface area (Å²) >= 11 is 0. The van der Waals surface area contributed by atoms with E-state index in [1.54, 1.807) is 0 Å². The lowest BCUT2D eigenvalue weighted by Crippen LogP contribution is -2.49. The minimum Gasteiger partial charge on any atom is -0.368 e. The highest BCUT2D eigenvalue weighted by Crippen LogP contribution is 2.20. The van der Waals surface area contributed by atoms with Gasteiger partial charge < -0.3 is 9.80 Å². The fraction of sp³-hybridized carbons (Fsp3) is 0.381. The van der Waals surface area contributed by atoms with E-state index in [1.807, 2.05) is 17.0 Å². The molecule has 0 aliphatic carbocycles. The normalized spacial score (nSPS) is 14.8. The topological polar surface area (TPSA) is 23.6 Å². The first-order valence-electron chi connectivity index (χ1n) is 8.69. The molecule has 2 aromatic carbocycles. The van der Waals surface area contributed by atoms with Crippen LogP contribution in [0.2, 0.25) is 0 Å². The predicted molar refractivity (Wildman–Crippen MR) is 99.6 cm³/mol. The monoisotopic (exact) mass is 322 g/mol. The van der Waals surface area contributed by atoms with Gasteiger partial charge in [0.1, 0.15) is 0 Å². The maximum atomic E-state index is 12.6. The molecule has 1 amide bonds. The van der Waals surface area contributed by atoms with Gasteiger partial charge in [0.2, 0.25) is 5.91 Å². The molecule has 0 atom stereocenters. The quantitative estimate of drug-likeness (QED) is 0.863. The second-order valence-electron chi connectivity index (χ2n) is 6.74. The highest BCUT2D eigenvalue weighted by atomic mass is 16.2. The average molecular weight is 322 g/mol. The minimum atomic E-state index is 0.240. The molecule has 2 aromatic rings. The fourth-order valence-corrected chi connectivity index (χ4v) is 3.22. The molecule has 0 spiro atoms. The van der Waals surface area contributed by atoms with E-state index in [-0.39, 0.29) is 5.91 Å². The van der Waals surface area contributed by atoms with Crippen molar-refractivity contribution in [2.45, 2.75) is 27.2 Å². The van der Waals surface area contributed by atoms with Gasteiger partial charge in [-0.1, -0.05) is 30.3 Å². The van der Waals surface area contributed by atoms with Crippen molar-refractivity contribution in [3.05, 3.63) is 64.7 Å². The summed E-state index contributed by atoms with van der Waals surface area (Å²) in [6.07, 6.45) is 0.510. The SMILES string of the molecule is Cc1ccc(N2CCN(C(=O)Cc3ccccc3C)CC2)cc1C.